The maximum atomic E-state index is 11.2. The van der Waals surface area contributed by atoms with E-state index in [9.17, 15) is 10.1 Å². The summed E-state index contributed by atoms with van der Waals surface area (Å²) in [5, 5.41) is 11.2. The Balaban J connectivity index is 2.33. The smallest absolute Gasteiger partial charge is 0.372 e. The van der Waals surface area contributed by atoms with E-state index in [1.165, 1.54) is 6.33 Å². The Morgan fingerprint density at radius 2 is 2.16 bits per heavy atom. The first-order chi connectivity index (χ1) is 9.13. The molecule has 1 aromatic rings. The van der Waals surface area contributed by atoms with E-state index >= 15 is 0 Å². The van der Waals surface area contributed by atoms with E-state index in [4.69, 9.17) is 4.74 Å². The van der Waals surface area contributed by atoms with Crippen molar-refractivity contribution in [2.24, 2.45) is 5.92 Å². The predicted octanol–water partition coefficient (Wildman–Crippen LogP) is 2.02. The lowest BCUT2D eigenvalue weighted by molar-refractivity contribution is -0.385. The number of aromatic nitrogens is 2. The van der Waals surface area contributed by atoms with Crippen LogP contribution in [0.2, 0.25) is 0 Å². The minimum absolute atomic E-state index is 0.0520. The van der Waals surface area contributed by atoms with Crippen LogP contribution in [-0.2, 0) is 0 Å². The van der Waals surface area contributed by atoms with Gasteiger partial charge in [0.2, 0.25) is 5.82 Å². The molecule has 104 valence electrons. The molecule has 0 bridgehead atoms. The Hall–Kier alpha value is -1.92. The van der Waals surface area contributed by atoms with E-state index in [2.05, 4.69) is 16.9 Å². The van der Waals surface area contributed by atoms with Gasteiger partial charge in [0.1, 0.15) is 6.33 Å². The number of hydrogen-bond acceptors (Lipinski definition) is 6. The fraction of sp³-hybridized carbons (Fsp3) is 0.667. The van der Waals surface area contributed by atoms with Crippen LogP contribution in [0.25, 0.3) is 0 Å². The molecule has 1 aliphatic rings. The van der Waals surface area contributed by atoms with E-state index in [1.807, 2.05) is 4.90 Å². The number of piperidine rings is 1. The number of ether oxygens (including phenoxy) is 1. The van der Waals surface area contributed by atoms with Crippen LogP contribution in [0.1, 0.15) is 26.7 Å². The molecule has 1 saturated heterocycles. The fourth-order valence-corrected chi connectivity index (χ4v) is 2.21. The topological polar surface area (TPSA) is 81.4 Å². The molecule has 0 amide bonds. The van der Waals surface area contributed by atoms with Crippen molar-refractivity contribution in [1.82, 2.24) is 9.97 Å². The lowest BCUT2D eigenvalue weighted by Crippen LogP contribution is -2.34. The summed E-state index contributed by atoms with van der Waals surface area (Å²) in [4.78, 5) is 20.7. The van der Waals surface area contributed by atoms with Gasteiger partial charge in [-0.15, -0.1) is 0 Å². The van der Waals surface area contributed by atoms with Crippen molar-refractivity contribution in [3.63, 3.8) is 0 Å². The van der Waals surface area contributed by atoms with Crippen molar-refractivity contribution < 1.29 is 9.66 Å². The molecule has 1 aliphatic heterocycles. The maximum absolute atomic E-state index is 11.2. The molecule has 0 saturated carbocycles. The minimum Gasteiger partial charge on any atom is -0.473 e. The standard InChI is InChI=1S/C12H18N4O3/c1-3-19-12-10(16(17)18)11(13-8-14-12)15-6-4-9(2)5-7-15/h8-9H,3-7H2,1-2H3. The average Bonchev–Trinajstić information content (AvgIpc) is 2.39. The van der Waals surface area contributed by atoms with E-state index in [0.717, 1.165) is 25.9 Å². The number of nitrogens with zero attached hydrogens (tertiary/aromatic N) is 4. The molecule has 0 unspecified atom stereocenters. The summed E-state index contributed by atoms with van der Waals surface area (Å²) in [6, 6.07) is 0. The molecule has 2 rings (SSSR count). The lowest BCUT2D eigenvalue weighted by Gasteiger charge is -2.30. The Labute approximate surface area is 111 Å². The summed E-state index contributed by atoms with van der Waals surface area (Å²) >= 11 is 0. The van der Waals surface area contributed by atoms with Gasteiger partial charge in [-0.05, 0) is 25.7 Å². The number of rotatable bonds is 4. The second kappa shape index (κ2) is 5.81. The zero-order chi connectivity index (χ0) is 13.8. The monoisotopic (exact) mass is 266 g/mol. The van der Waals surface area contributed by atoms with Gasteiger partial charge in [0.05, 0.1) is 11.5 Å². The molecule has 0 N–H and O–H groups in total. The van der Waals surface area contributed by atoms with Crippen LogP contribution >= 0.6 is 0 Å². The average molecular weight is 266 g/mol. The van der Waals surface area contributed by atoms with Crippen molar-refractivity contribution in [2.45, 2.75) is 26.7 Å². The predicted molar refractivity (Wildman–Crippen MR) is 70.5 cm³/mol. The molecule has 2 heterocycles. The van der Waals surface area contributed by atoms with E-state index in [1.54, 1.807) is 6.92 Å². The van der Waals surface area contributed by atoms with Gasteiger partial charge in [-0.3, -0.25) is 10.1 Å². The highest BCUT2D eigenvalue weighted by atomic mass is 16.6. The van der Waals surface area contributed by atoms with E-state index in [-0.39, 0.29) is 11.6 Å². The normalized spacial score (nSPS) is 16.4. The highest BCUT2D eigenvalue weighted by Crippen LogP contribution is 2.35. The minimum atomic E-state index is -0.460. The molecule has 0 radical (unpaired) electrons. The first kappa shape index (κ1) is 13.5. The molecular formula is C12H18N4O3. The maximum Gasteiger partial charge on any atom is 0.372 e. The van der Waals surface area contributed by atoms with Gasteiger partial charge in [0, 0.05) is 13.1 Å². The lowest BCUT2D eigenvalue weighted by atomic mass is 9.99. The van der Waals surface area contributed by atoms with Crippen molar-refractivity contribution >= 4 is 11.5 Å². The van der Waals surface area contributed by atoms with Crippen LogP contribution < -0.4 is 9.64 Å². The summed E-state index contributed by atoms with van der Waals surface area (Å²) in [6.45, 7) is 5.87. The first-order valence-electron chi connectivity index (χ1n) is 6.50. The second-order valence-electron chi connectivity index (χ2n) is 4.71. The Morgan fingerprint density at radius 3 is 2.74 bits per heavy atom. The summed E-state index contributed by atoms with van der Waals surface area (Å²) in [5.74, 6) is 1.08. The van der Waals surface area contributed by atoms with E-state index < -0.39 is 4.92 Å². The summed E-state index contributed by atoms with van der Waals surface area (Å²) in [5.41, 5.74) is -0.126. The van der Waals surface area contributed by atoms with Crippen molar-refractivity contribution in [2.75, 3.05) is 24.6 Å². The molecule has 0 spiro atoms. The molecule has 1 aromatic heterocycles. The number of nitro groups is 1. The quantitative estimate of drug-likeness (QED) is 0.612. The third-order valence-corrected chi connectivity index (χ3v) is 3.32. The van der Waals surface area contributed by atoms with Gasteiger partial charge in [-0.1, -0.05) is 6.92 Å². The van der Waals surface area contributed by atoms with Crippen LogP contribution in [0, 0.1) is 16.0 Å². The number of anilines is 1. The van der Waals surface area contributed by atoms with Gasteiger partial charge in [-0.2, -0.15) is 4.98 Å². The van der Waals surface area contributed by atoms with E-state index in [0.29, 0.717) is 18.3 Å². The van der Waals surface area contributed by atoms with Gasteiger partial charge in [-0.25, -0.2) is 4.98 Å². The fourth-order valence-electron chi connectivity index (χ4n) is 2.21. The largest absolute Gasteiger partial charge is 0.473 e. The van der Waals surface area contributed by atoms with Crippen LogP contribution in [-0.4, -0.2) is 34.6 Å². The molecule has 1 fully saturated rings. The molecule has 0 aliphatic carbocycles. The zero-order valence-electron chi connectivity index (χ0n) is 11.2. The third-order valence-electron chi connectivity index (χ3n) is 3.32. The molecule has 0 aromatic carbocycles. The molecule has 7 nitrogen and oxygen atoms in total. The SMILES string of the molecule is CCOc1ncnc(N2CCC(C)CC2)c1[N+](=O)[O-]. The molecular weight excluding hydrogens is 248 g/mol. The summed E-state index contributed by atoms with van der Waals surface area (Å²) in [6.07, 6.45) is 3.36. The molecule has 0 atom stereocenters. The highest BCUT2D eigenvalue weighted by Gasteiger charge is 2.29. The summed E-state index contributed by atoms with van der Waals surface area (Å²) < 4.78 is 5.23. The Kier molecular flexibility index (Phi) is 4.13. The molecule has 19 heavy (non-hydrogen) atoms. The van der Waals surface area contributed by atoms with Gasteiger partial charge >= 0.3 is 5.69 Å². The van der Waals surface area contributed by atoms with Crippen LogP contribution in [0.4, 0.5) is 11.5 Å². The van der Waals surface area contributed by atoms with Crippen LogP contribution in [0.5, 0.6) is 5.88 Å². The highest BCUT2D eigenvalue weighted by molar-refractivity contribution is 5.62. The van der Waals surface area contributed by atoms with Gasteiger partial charge in [0.25, 0.3) is 5.88 Å². The Bertz CT molecular complexity index is 458. The summed E-state index contributed by atoms with van der Waals surface area (Å²) in [7, 11) is 0. The zero-order valence-corrected chi connectivity index (χ0v) is 11.2. The second-order valence-corrected chi connectivity index (χ2v) is 4.71. The van der Waals surface area contributed by atoms with Crippen molar-refractivity contribution in [1.29, 1.82) is 0 Å². The van der Waals surface area contributed by atoms with Gasteiger partial charge < -0.3 is 9.64 Å². The van der Waals surface area contributed by atoms with Gasteiger partial charge in [0.15, 0.2) is 0 Å². The van der Waals surface area contributed by atoms with Crippen LogP contribution in [0.3, 0.4) is 0 Å². The van der Waals surface area contributed by atoms with Crippen molar-refractivity contribution in [3.05, 3.63) is 16.4 Å². The number of hydrogen-bond donors (Lipinski definition) is 0. The third kappa shape index (κ3) is 2.91. The van der Waals surface area contributed by atoms with Crippen LogP contribution in [0.15, 0.2) is 6.33 Å². The molecule has 7 heteroatoms. The van der Waals surface area contributed by atoms with Crippen molar-refractivity contribution in [3.8, 4) is 5.88 Å². The Morgan fingerprint density at radius 1 is 1.47 bits per heavy atom. The first-order valence-corrected chi connectivity index (χ1v) is 6.50.